The number of hydrogen-bond donors (Lipinski definition) is 1. The maximum atomic E-state index is 6.12. The van der Waals surface area contributed by atoms with E-state index in [1.165, 1.54) is 0 Å². The van der Waals surface area contributed by atoms with Crippen LogP contribution in [-0.4, -0.2) is 27.5 Å². The average molecular weight is 282 g/mol. The van der Waals surface area contributed by atoms with E-state index in [9.17, 15) is 0 Å². The van der Waals surface area contributed by atoms with E-state index in [1.807, 2.05) is 12.2 Å². The van der Waals surface area contributed by atoms with Gasteiger partial charge >= 0.3 is 0 Å². The van der Waals surface area contributed by atoms with Gasteiger partial charge in [0.05, 0.1) is 0 Å². The molecule has 0 aliphatic rings. The Balaban J connectivity index is 4.02. The molecule has 19 heavy (non-hydrogen) atoms. The van der Waals surface area contributed by atoms with Crippen LogP contribution in [0.5, 0.6) is 0 Å². The zero-order valence-electron chi connectivity index (χ0n) is 13.5. The summed E-state index contributed by atoms with van der Waals surface area (Å²) in [6, 6.07) is 0.263. The molecular weight excluding hydrogens is 250 g/mol. The van der Waals surface area contributed by atoms with Crippen molar-refractivity contribution in [2.45, 2.75) is 51.9 Å². The molecule has 0 saturated heterocycles. The van der Waals surface area contributed by atoms with Crippen LogP contribution in [0, 0.1) is 0 Å². The molecule has 0 aliphatic heterocycles. The molecule has 0 radical (unpaired) electrons. The molecule has 0 bridgehead atoms. The Labute approximate surface area is 120 Å². The summed E-state index contributed by atoms with van der Waals surface area (Å²) in [5.74, 6) is 0. The minimum absolute atomic E-state index is 0.263. The van der Waals surface area contributed by atoms with E-state index >= 15 is 0 Å². The summed E-state index contributed by atoms with van der Waals surface area (Å²) in [7, 11) is -1.61. The van der Waals surface area contributed by atoms with Crippen molar-refractivity contribution in [3.05, 3.63) is 37.0 Å². The van der Waals surface area contributed by atoms with Crippen molar-refractivity contribution in [2.75, 3.05) is 13.2 Å². The molecule has 1 unspecified atom stereocenters. The largest absolute Gasteiger partial charge is 0.416 e. The van der Waals surface area contributed by atoms with Gasteiger partial charge in [0.2, 0.25) is 0 Å². The van der Waals surface area contributed by atoms with E-state index < -0.39 is 8.32 Å². The second-order valence-corrected chi connectivity index (χ2v) is 11.3. The van der Waals surface area contributed by atoms with Crippen LogP contribution in [0.25, 0.3) is 0 Å². The fourth-order valence-electron chi connectivity index (χ4n) is 1.27. The van der Waals surface area contributed by atoms with Crippen LogP contribution >= 0.6 is 0 Å². The van der Waals surface area contributed by atoms with E-state index in [4.69, 9.17) is 4.43 Å². The maximum Gasteiger partial charge on any atom is 0.192 e. The molecule has 110 valence electrons. The molecule has 1 N–H and O–H groups in total. The molecule has 0 aromatic heterocycles. The first-order chi connectivity index (χ1) is 8.62. The van der Waals surface area contributed by atoms with Gasteiger partial charge < -0.3 is 9.74 Å². The smallest absolute Gasteiger partial charge is 0.192 e. The van der Waals surface area contributed by atoms with Gasteiger partial charge in [-0.05, 0) is 30.6 Å². The summed E-state index contributed by atoms with van der Waals surface area (Å²) >= 11 is 0. The van der Waals surface area contributed by atoms with Crippen LogP contribution in [0.2, 0.25) is 18.1 Å². The average Bonchev–Trinajstić information content (AvgIpc) is 2.29. The summed E-state index contributed by atoms with van der Waals surface area (Å²) in [6.07, 6.45) is 5.66. The summed E-state index contributed by atoms with van der Waals surface area (Å²) in [5.41, 5.74) is 1.06. The predicted molar refractivity (Wildman–Crippen MR) is 89.1 cm³/mol. The van der Waals surface area contributed by atoms with Crippen molar-refractivity contribution in [1.29, 1.82) is 0 Å². The normalized spacial score (nSPS) is 14.6. The van der Waals surface area contributed by atoms with Crippen LogP contribution in [-0.2, 0) is 4.43 Å². The van der Waals surface area contributed by atoms with Gasteiger partial charge in [-0.2, -0.15) is 0 Å². The first kappa shape index (κ1) is 18.4. The van der Waals surface area contributed by atoms with Gasteiger partial charge in [-0.15, -0.1) is 0 Å². The number of hydrogen-bond acceptors (Lipinski definition) is 2. The van der Waals surface area contributed by atoms with Crippen LogP contribution in [0.4, 0.5) is 0 Å². The topological polar surface area (TPSA) is 21.3 Å². The van der Waals surface area contributed by atoms with Gasteiger partial charge in [-0.3, -0.25) is 0 Å². The number of nitrogens with one attached hydrogen (secondary N) is 1. The van der Waals surface area contributed by atoms with Gasteiger partial charge in [-0.1, -0.05) is 52.2 Å². The van der Waals surface area contributed by atoms with Gasteiger partial charge in [0.25, 0.3) is 0 Å². The van der Waals surface area contributed by atoms with Gasteiger partial charge in [0, 0.05) is 19.2 Å². The number of rotatable bonds is 8. The third kappa shape index (κ3) is 6.90. The van der Waals surface area contributed by atoms with Crippen LogP contribution in [0.3, 0.4) is 0 Å². The molecule has 0 rings (SSSR count). The minimum atomic E-state index is -1.61. The first-order valence-corrected chi connectivity index (χ1v) is 9.88. The van der Waals surface area contributed by atoms with Gasteiger partial charge in [0.15, 0.2) is 8.32 Å². The van der Waals surface area contributed by atoms with E-state index in [1.54, 1.807) is 6.08 Å². The van der Waals surface area contributed by atoms with Crippen molar-refractivity contribution < 1.29 is 4.43 Å². The zero-order chi connectivity index (χ0) is 15.1. The highest BCUT2D eigenvalue weighted by molar-refractivity contribution is 6.74. The lowest BCUT2D eigenvalue weighted by atomic mass is 10.1. The SMILES string of the molecule is C=C/C=C\C(=C)C(C)NCCO[Si](C)(C)C(C)(C)C. The molecule has 0 amide bonds. The van der Waals surface area contributed by atoms with Crippen LogP contribution in [0.15, 0.2) is 37.0 Å². The summed E-state index contributed by atoms with van der Waals surface area (Å²) < 4.78 is 6.12. The summed E-state index contributed by atoms with van der Waals surface area (Å²) in [6.45, 7) is 22.8. The Morgan fingerprint density at radius 1 is 1.37 bits per heavy atom. The second kappa shape index (κ2) is 7.83. The molecule has 0 saturated carbocycles. The lowest BCUT2D eigenvalue weighted by Gasteiger charge is -2.36. The third-order valence-electron chi connectivity index (χ3n) is 3.82. The minimum Gasteiger partial charge on any atom is -0.416 e. The van der Waals surface area contributed by atoms with E-state index in [0.717, 1.165) is 18.7 Å². The van der Waals surface area contributed by atoms with Crippen LogP contribution < -0.4 is 5.32 Å². The van der Waals surface area contributed by atoms with Crippen molar-refractivity contribution >= 4 is 8.32 Å². The molecule has 2 nitrogen and oxygen atoms in total. The molecule has 3 heteroatoms. The lowest BCUT2D eigenvalue weighted by Crippen LogP contribution is -2.43. The Morgan fingerprint density at radius 3 is 2.42 bits per heavy atom. The van der Waals surface area contributed by atoms with Crippen molar-refractivity contribution in [1.82, 2.24) is 5.32 Å². The van der Waals surface area contributed by atoms with Gasteiger partial charge in [0.1, 0.15) is 0 Å². The van der Waals surface area contributed by atoms with E-state index in [2.05, 4.69) is 59.3 Å². The quantitative estimate of drug-likeness (QED) is 0.407. The Kier molecular flexibility index (Phi) is 7.56. The monoisotopic (exact) mass is 281 g/mol. The molecule has 0 spiro atoms. The molecular formula is C16H31NOSi. The zero-order valence-corrected chi connectivity index (χ0v) is 14.5. The molecule has 0 aromatic carbocycles. The Morgan fingerprint density at radius 2 is 1.95 bits per heavy atom. The standard InChI is InChI=1S/C16H31NOSi/c1-9-10-11-14(2)15(3)17-12-13-18-19(7,8)16(4,5)6/h9-11,15,17H,1-2,12-13H2,3-8H3/b11-10-. The van der Waals surface area contributed by atoms with Crippen molar-refractivity contribution in [2.24, 2.45) is 0 Å². The Hall–Kier alpha value is -0.643. The highest BCUT2D eigenvalue weighted by Crippen LogP contribution is 2.36. The van der Waals surface area contributed by atoms with E-state index in [-0.39, 0.29) is 11.1 Å². The van der Waals surface area contributed by atoms with Gasteiger partial charge in [-0.25, -0.2) is 0 Å². The second-order valence-electron chi connectivity index (χ2n) is 6.45. The Bertz CT molecular complexity index is 326. The van der Waals surface area contributed by atoms with E-state index in [0.29, 0.717) is 0 Å². The predicted octanol–water partition coefficient (Wildman–Crippen LogP) is 4.28. The first-order valence-electron chi connectivity index (χ1n) is 6.97. The fourth-order valence-corrected chi connectivity index (χ4v) is 2.31. The highest BCUT2D eigenvalue weighted by Gasteiger charge is 2.36. The lowest BCUT2D eigenvalue weighted by molar-refractivity contribution is 0.283. The highest BCUT2D eigenvalue weighted by atomic mass is 28.4. The summed E-state index contributed by atoms with van der Waals surface area (Å²) in [5, 5.41) is 3.70. The maximum absolute atomic E-state index is 6.12. The molecule has 1 atom stereocenters. The fraction of sp³-hybridized carbons (Fsp3) is 0.625. The third-order valence-corrected chi connectivity index (χ3v) is 8.36. The van der Waals surface area contributed by atoms with Crippen molar-refractivity contribution in [3.63, 3.8) is 0 Å². The van der Waals surface area contributed by atoms with Crippen LogP contribution in [0.1, 0.15) is 27.7 Å². The summed E-state index contributed by atoms with van der Waals surface area (Å²) in [4.78, 5) is 0. The molecule has 0 fully saturated rings. The number of allylic oxidation sites excluding steroid dienone is 2. The molecule has 0 heterocycles. The molecule has 0 aromatic rings. The molecule has 0 aliphatic carbocycles. The van der Waals surface area contributed by atoms with Crippen molar-refractivity contribution in [3.8, 4) is 0 Å².